The molecule has 1 atom stereocenters. The van der Waals surface area contributed by atoms with E-state index in [0.717, 1.165) is 19.3 Å². The van der Waals surface area contributed by atoms with Crippen LogP contribution in [0.3, 0.4) is 0 Å². The molecule has 0 bridgehead atoms. The van der Waals surface area contributed by atoms with Crippen LogP contribution >= 0.6 is 0 Å². The van der Waals surface area contributed by atoms with Crippen LogP contribution in [0.4, 0.5) is 4.39 Å². The Labute approximate surface area is 126 Å². The van der Waals surface area contributed by atoms with Gasteiger partial charge in [0.2, 0.25) is 10.0 Å². The Kier molecular flexibility index (Phi) is 5.01. The van der Waals surface area contributed by atoms with E-state index in [2.05, 4.69) is 6.92 Å². The molecule has 0 radical (unpaired) electrons. The highest BCUT2D eigenvalue weighted by Crippen LogP contribution is 2.28. The second-order valence-electron chi connectivity index (χ2n) is 5.68. The molecule has 2 rings (SSSR count). The lowest BCUT2D eigenvalue weighted by atomic mass is 9.97. The molecular formula is C15H23FN2O2S. The monoisotopic (exact) mass is 314 g/mol. The van der Waals surface area contributed by atoms with Crippen LogP contribution in [0.2, 0.25) is 0 Å². The van der Waals surface area contributed by atoms with Crippen LogP contribution in [0.1, 0.15) is 37.3 Å². The summed E-state index contributed by atoms with van der Waals surface area (Å²) < 4.78 is 41.0. The molecule has 1 unspecified atom stereocenters. The molecule has 6 heteroatoms. The molecule has 0 aromatic heterocycles. The topological polar surface area (TPSA) is 63.4 Å². The summed E-state index contributed by atoms with van der Waals surface area (Å²) in [5.74, 6) is -0.128. The Morgan fingerprint density at radius 1 is 1.43 bits per heavy atom. The fourth-order valence-corrected chi connectivity index (χ4v) is 4.65. The maximum absolute atomic E-state index is 13.9. The normalized spacial score (nSPS) is 20.7. The zero-order valence-electron chi connectivity index (χ0n) is 12.6. The first-order chi connectivity index (χ1) is 9.90. The van der Waals surface area contributed by atoms with Crippen molar-refractivity contribution in [3.05, 3.63) is 29.1 Å². The minimum absolute atomic E-state index is 0.0553. The van der Waals surface area contributed by atoms with Gasteiger partial charge in [-0.2, -0.15) is 4.31 Å². The Morgan fingerprint density at radius 3 is 2.76 bits per heavy atom. The third kappa shape index (κ3) is 3.27. The van der Waals surface area contributed by atoms with E-state index in [4.69, 9.17) is 5.73 Å². The Morgan fingerprint density at radius 2 is 2.14 bits per heavy atom. The van der Waals surface area contributed by atoms with Crippen molar-refractivity contribution in [2.24, 2.45) is 11.7 Å². The summed E-state index contributed by atoms with van der Waals surface area (Å²) in [5, 5.41) is 0. The molecule has 118 valence electrons. The number of sulfonamides is 1. The second kappa shape index (κ2) is 6.42. The van der Waals surface area contributed by atoms with Crippen LogP contribution in [0, 0.1) is 18.7 Å². The zero-order valence-corrected chi connectivity index (χ0v) is 13.4. The standard InChI is InChI=1S/C15H23FN2O2S/c1-3-12-5-4-6-18(10-12)21(19,20)15-8-13(9-17)7-14(16)11(15)2/h7-8,12H,3-6,9-10,17H2,1-2H3. The SMILES string of the molecule is CCC1CCCN(S(=O)(=O)c2cc(CN)cc(F)c2C)C1. The molecule has 21 heavy (non-hydrogen) atoms. The molecule has 1 aliphatic heterocycles. The number of nitrogens with zero attached hydrogens (tertiary/aromatic N) is 1. The predicted octanol–water partition coefficient (Wildman–Crippen LogP) is 2.40. The minimum Gasteiger partial charge on any atom is -0.326 e. The molecule has 1 aliphatic rings. The van der Waals surface area contributed by atoms with E-state index >= 15 is 0 Å². The third-order valence-electron chi connectivity index (χ3n) is 4.27. The van der Waals surface area contributed by atoms with E-state index in [0.29, 0.717) is 24.6 Å². The number of halogens is 1. The van der Waals surface area contributed by atoms with Crippen LogP contribution in [-0.4, -0.2) is 25.8 Å². The third-order valence-corrected chi connectivity index (χ3v) is 6.26. The molecule has 0 amide bonds. The van der Waals surface area contributed by atoms with Crippen molar-refractivity contribution in [1.82, 2.24) is 4.31 Å². The summed E-state index contributed by atoms with van der Waals surface area (Å²) in [6, 6.07) is 2.81. The minimum atomic E-state index is -3.65. The van der Waals surface area contributed by atoms with Gasteiger partial charge in [0, 0.05) is 25.2 Å². The number of piperidine rings is 1. The van der Waals surface area contributed by atoms with E-state index < -0.39 is 15.8 Å². The quantitative estimate of drug-likeness (QED) is 0.928. The van der Waals surface area contributed by atoms with Crippen molar-refractivity contribution in [2.75, 3.05) is 13.1 Å². The highest BCUT2D eigenvalue weighted by molar-refractivity contribution is 7.89. The molecule has 1 fully saturated rings. The maximum Gasteiger partial charge on any atom is 0.243 e. The maximum atomic E-state index is 13.9. The Balaban J connectivity index is 2.41. The van der Waals surface area contributed by atoms with E-state index in [1.807, 2.05) is 0 Å². The lowest BCUT2D eigenvalue weighted by molar-refractivity contribution is 0.261. The number of hydrogen-bond acceptors (Lipinski definition) is 3. The molecule has 0 aliphatic carbocycles. The molecule has 1 aromatic carbocycles. The van der Waals surface area contributed by atoms with Gasteiger partial charge >= 0.3 is 0 Å². The summed E-state index contributed by atoms with van der Waals surface area (Å²) >= 11 is 0. The van der Waals surface area contributed by atoms with Gasteiger partial charge in [-0.1, -0.05) is 13.3 Å². The first kappa shape index (κ1) is 16.4. The fourth-order valence-electron chi connectivity index (χ4n) is 2.81. The van der Waals surface area contributed by atoms with Gasteiger partial charge in [0.1, 0.15) is 5.82 Å². The van der Waals surface area contributed by atoms with Crippen molar-refractivity contribution in [3.63, 3.8) is 0 Å². The highest BCUT2D eigenvalue weighted by atomic mass is 32.2. The molecule has 1 heterocycles. The number of benzene rings is 1. The van der Waals surface area contributed by atoms with Crippen LogP contribution in [0.25, 0.3) is 0 Å². The number of rotatable bonds is 4. The number of nitrogens with two attached hydrogens (primary N) is 1. The number of hydrogen-bond donors (Lipinski definition) is 1. The smallest absolute Gasteiger partial charge is 0.243 e. The van der Waals surface area contributed by atoms with E-state index in [1.54, 1.807) is 0 Å². The second-order valence-corrected chi connectivity index (χ2v) is 7.59. The van der Waals surface area contributed by atoms with Crippen molar-refractivity contribution in [1.29, 1.82) is 0 Å². The molecule has 1 aromatic rings. The van der Waals surface area contributed by atoms with Crippen molar-refractivity contribution in [2.45, 2.75) is 44.6 Å². The molecule has 4 nitrogen and oxygen atoms in total. The van der Waals surface area contributed by atoms with Gasteiger partial charge in [-0.3, -0.25) is 0 Å². The summed E-state index contributed by atoms with van der Waals surface area (Å²) in [6.45, 7) is 4.72. The molecule has 0 saturated carbocycles. The first-order valence-electron chi connectivity index (χ1n) is 7.39. The largest absolute Gasteiger partial charge is 0.326 e. The van der Waals surface area contributed by atoms with Crippen molar-refractivity contribution in [3.8, 4) is 0 Å². The van der Waals surface area contributed by atoms with Crippen LogP contribution in [0.15, 0.2) is 17.0 Å². The van der Waals surface area contributed by atoms with E-state index in [9.17, 15) is 12.8 Å². The molecular weight excluding hydrogens is 291 g/mol. The Hall–Kier alpha value is -0.980. The van der Waals surface area contributed by atoms with E-state index in [-0.39, 0.29) is 17.0 Å². The lowest BCUT2D eigenvalue weighted by Crippen LogP contribution is -2.40. The summed E-state index contributed by atoms with van der Waals surface area (Å²) in [5.41, 5.74) is 6.20. The first-order valence-corrected chi connectivity index (χ1v) is 8.83. The average molecular weight is 314 g/mol. The van der Waals surface area contributed by atoms with Gasteiger partial charge < -0.3 is 5.73 Å². The van der Waals surface area contributed by atoms with Crippen LogP contribution in [0.5, 0.6) is 0 Å². The fraction of sp³-hybridized carbons (Fsp3) is 0.600. The summed E-state index contributed by atoms with van der Waals surface area (Å²) in [6.07, 6.45) is 2.87. The van der Waals surface area contributed by atoms with Crippen molar-refractivity contribution >= 4 is 10.0 Å². The lowest BCUT2D eigenvalue weighted by Gasteiger charge is -2.31. The van der Waals surface area contributed by atoms with Gasteiger partial charge in [-0.05, 0) is 43.4 Å². The molecule has 2 N–H and O–H groups in total. The van der Waals surface area contributed by atoms with Crippen LogP contribution < -0.4 is 5.73 Å². The van der Waals surface area contributed by atoms with Gasteiger partial charge in [0.15, 0.2) is 0 Å². The Bertz CT molecular complexity index is 616. The zero-order chi connectivity index (χ0) is 15.6. The van der Waals surface area contributed by atoms with Gasteiger partial charge in [0.25, 0.3) is 0 Å². The van der Waals surface area contributed by atoms with Crippen LogP contribution in [-0.2, 0) is 16.6 Å². The van der Waals surface area contributed by atoms with Gasteiger partial charge in [-0.25, -0.2) is 12.8 Å². The van der Waals surface area contributed by atoms with Gasteiger partial charge in [0.05, 0.1) is 4.90 Å². The molecule has 1 saturated heterocycles. The van der Waals surface area contributed by atoms with E-state index in [1.165, 1.54) is 23.4 Å². The average Bonchev–Trinajstić information content (AvgIpc) is 2.49. The summed E-state index contributed by atoms with van der Waals surface area (Å²) in [7, 11) is -3.65. The van der Waals surface area contributed by atoms with Gasteiger partial charge in [-0.15, -0.1) is 0 Å². The molecule has 0 spiro atoms. The van der Waals surface area contributed by atoms with Crippen molar-refractivity contribution < 1.29 is 12.8 Å². The predicted molar refractivity (Wildman–Crippen MR) is 80.8 cm³/mol. The summed E-state index contributed by atoms with van der Waals surface area (Å²) in [4.78, 5) is 0.0553. The highest BCUT2D eigenvalue weighted by Gasteiger charge is 2.31.